The highest BCUT2D eigenvalue weighted by atomic mass is 19.1. The predicted molar refractivity (Wildman–Crippen MR) is 71.4 cm³/mol. The summed E-state index contributed by atoms with van der Waals surface area (Å²) in [5, 5.41) is 3.03. The number of ether oxygens (including phenoxy) is 1. The van der Waals surface area contributed by atoms with E-state index in [-0.39, 0.29) is 5.82 Å². The third kappa shape index (κ3) is 3.00. The second-order valence-corrected chi connectivity index (χ2v) is 4.74. The van der Waals surface area contributed by atoms with Gasteiger partial charge in [-0.1, -0.05) is 6.07 Å². The van der Waals surface area contributed by atoms with E-state index in [4.69, 9.17) is 4.74 Å². The lowest BCUT2D eigenvalue weighted by molar-refractivity contribution is 0.0818. The summed E-state index contributed by atoms with van der Waals surface area (Å²) in [6.07, 6.45) is 2.26. The van der Waals surface area contributed by atoms with E-state index in [1.165, 1.54) is 0 Å². The molecule has 1 aromatic carbocycles. The van der Waals surface area contributed by atoms with E-state index in [0.29, 0.717) is 18.3 Å². The molecule has 0 amide bonds. The smallest absolute Gasteiger partial charge is 0.146 e. The van der Waals surface area contributed by atoms with Crippen molar-refractivity contribution in [3.63, 3.8) is 0 Å². The van der Waals surface area contributed by atoms with Crippen molar-refractivity contribution in [1.82, 2.24) is 5.32 Å². The molecule has 18 heavy (non-hydrogen) atoms. The van der Waals surface area contributed by atoms with Gasteiger partial charge in [-0.05, 0) is 37.6 Å². The van der Waals surface area contributed by atoms with Crippen LogP contribution in [-0.4, -0.2) is 33.4 Å². The second kappa shape index (κ2) is 6.16. The van der Waals surface area contributed by atoms with E-state index < -0.39 is 0 Å². The summed E-state index contributed by atoms with van der Waals surface area (Å²) in [4.78, 5) is 2.11. The van der Waals surface area contributed by atoms with Gasteiger partial charge in [0.2, 0.25) is 0 Å². The lowest BCUT2D eigenvalue weighted by Crippen LogP contribution is -2.37. The number of piperidine rings is 1. The Kier molecular flexibility index (Phi) is 4.55. The maximum atomic E-state index is 14.0. The number of rotatable bonds is 4. The van der Waals surface area contributed by atoms with E-state index >= 15 is 0 Å². The van der Waals surface area contributed by atoms with Crippen LogP contribution in [0, 0.1) is 5.82 Å². The molecular weight excluding hydrogens is 231 g/mol. The monoisotopic (exact) mass is 252 g/mol. The highest BCUT2D eigenvalue weighted by molar-refractivity contribution is 5.49. The zero-order valence-electron chi connectivity index (χ0n) is 11.1. The van der Waals surface area contributed by atoms with Gasteiger partial charge in [-0.15, -0.1) is 0 Å². The highest BCUT2D eigenvalue weighted by Crippen LogP contribution is 2.24. The molecule has 0 aliphatic carbocycles. The van der Waals surface area contributed by atoms with Gasteiger partial charge in [0.15, 0.2) is 0 Å². The van der Waals surface area contributed by atoms with Crippen LogP contribution >= 0.6 is 0 Å². The zero-order chi connectivity index (χ0) is 13.0. The van der Waals surface area contributed by atoms with Crippen LogP contribution in [0.15, 0.2) is 18.2 Å². The van der Waals surface area contributed by atoms with Gasteiger partial charge < -0.3 is 15.0 Å². The summed E-state index contributed by atoms with van der Waals surface area (Å²) in [6.45, 7) is 2.42. The van der Waals surface area contributed by atoms with Crippen molar-refractivity contribution in [2.24, 2.45) is 0 Å². The van der Waals surface area contributed by atoms with Crippen molar-refractivity contribution in [3.05, 3.63) is 29.6 Å². The first-order valence-electron chi connectivity index (χ1n) is 6.45. The molecule has 3 nitrogen and oxygen atoms in total. The van der Waals surface area contributed by atoms with Gasteiger partial charge in [-0.3, -0.25) is 0 Å². The number of benzene rings is 1. The van der Waals surface area contributed by atoms with Gasteiger partial charge in [0.05, 0.1) is 11.8 Å². The fourth-order valence-electron chi connectivity index (χ4n) is 2.45. The fourth-order valence-corrected chi connectivity index (χ4v) is 2.45. The molecule has 1 aliphatic rings. The maximum Gasteiger partial charge on any atom is 0.146 e. The maximum absolute atomic E-state index is 14.0. The molecule has 1 aliphatic heterocycles. The molecule has 1 aromatic rings. The first-order valence-corrected chi connectivity index (χ1v) is 6.45. The molecule has 0 aromatic heterocycles. The average Bonchev–Trinajstić information content (AvgIpc) is 2.40. The molecule has 0 unspecified atom stereocenters. The Labute approximate surface area is 108 Å². The number of hydrogen-bond acceptors (Lipinski definition) is 3. The first-order chi connectivity index (χ1) is 8.74. The SMILES string of the molecule is CNCc1ccc(N2CCC(OC)CC2)c(F)c1. The molecule has 0 saturated carbocycles. The standard InChI is InChI=1S/C14H21FN2O/c1-16-10-11-3-4-14(13(15)9-11)17-7-5-12(18-2)6-8-17/h3-4,9,12,16H,5-8,10H2,1-2H3. The van der Waals surface area contributed by atoms with Crippen LogP contribution in [0.5, 0.6) is 0 Å². The van der Waals surface area contributed by atoms with Gasteiger partial charge in [-0.25, -0.2) is 4.39 Å². The predicted octanol–water partition coefficient (Wildman–Crippen LogP) is 2.16. The number of hydrogen-bond donors (Lipinski definition) is 1. The quantitative estimate of drug-likeness (QED) is 0.888. The largest absolute Gasteiger partial charge is 0.381 e. The van der Waals surface area contributed by atoms with Gasteiger partial charge in [0, 0.05) is 26.7 Å². The summed E-state index contributed by atoms with van der Waals surface area (Å²) < 4.78 is 19.4. The molecule has 0 radical (unpaired) electrons. The minimum atomic E-state index is -0.126. The molecule has 1 fully saturated rings. The van der Waals surface area contributed by atoms with Crippen molar-refractivity contribution >= 4 is 5.69 Å². The fraction of sp³-hybridized carbons (Fsp3) is 0.571. The molecule has 0 bridgehead atoms. The summed E-state index contributed by atoms with van der Waals surface area (Å²) in [5.41, 5.74) is 1.69. The van der Waals surface area contributed by atoms with Crippen molar-refractivity contribution in [2.75, 3.05) is 32.1 Å². The molecule has 0 spiro atoms. The number of nitrogens with one attached hydrogen (secondary N) is 1. The molecule has 1 saturated heterocycles. The van der Waals surface area contributed by atoms with E-state index in [1.54, 1.807) is 13.2 Å². The topological polar surface area (TPSA) is 24.5 Å². The van der Waals surface area contributed by atoms with E-state index in [2.05, 4.69) is 10.2 Å². The van der Waals surface area contributed by atoms with Crippen molar-refractivity contribution < 1.29 is 9.13 Å². The Bertz CT molecular complexity index is 389. The van der Waals surface area contributed by atoms with E-state index in [1.807, 2.05) is 19.2 Å². The summed E-state index contributed by atoms with van der Waals surface area (Å²) in [5.74, 6) is -0.126. The van der Waals surface area contributed by atoms with Crippen molar-refractivity contribution in [3.8, 4) is 0 Å². The minimum Gasteiger partial charge on any atom is -0.381 e. The van der Waals surface area contributed by atoms with Crippen LogP contribution in [0.25, 0.3) is 0 Å². The van der Waals surface area contributed by atoms with Crippen molar-refractivity contribution in [2.45, 2.75) is 25.5 Å². The third-order valence-electron chi connectivity index (χ3n) is 3.51. The van der Waals surface area contributed by atoms with Crippen LogP contribution in [0.1, 0.15) is 18.4 Å². The zero-order valence-corrected chi connectivity index (χ0v) is 11.1. The highest BCUT2D eigenvalue weighted by Gasteiger charge is 2.20. The molecule has 4 heteroatoms. The van der Waals surface area contributed by atoms with E-state index in [9.17, 15) is 4.39 Å². The summed E-state index contributed by atoms with van der Waals surface area (Å²) in [7, 11) is 3.61. The molecule has 2 rings (SSSR count). The van der Waals surface area contributed by atoms with Gasteiger partial charge in [0.25, 0.3) is 0 Å². The molecule has 1 N–H and O–H groups in total. The Hall–Kier alpha value is -1.13. The third-order valence-corrected chi connectivity index (χ3v) is 3.51. The minimum absolute atomic E-state index is 0.126. The summed E-state index contributed by atoms with van der Waals surface area (Å²) in [6, 6.07) is 5.49. The second-order valence-electron chi connectivity index (χ2n) is 4.74. The number of methoxy groups -OCH3 is 1. The lowest BCUT2D eigenvalue weighted by Gasteiger charge is -2.33. The van der Waals surface area contributed by atoms with Crippen LogP contribution in [0.4, 0.5) is 10.1 Å². The average molecular weight is 252 g/mol. The number of halogens is 1. The first kappa shape index (κ1) is 13.3. The normalized spacial score (nSPS) is 17.2. The van der Waals surface area contributed by atoms with Gasteiger partial charge in [0.1, 0.15) is 5.82 Å². The number of anilines is 1. The Balaban J connectivity index is 2.05. The van der Waals surface area contributed by atoms with Crippen molar-refractivity contribution in [1.29, 1.82) is 0 Å². The van der Waals surface area contributed by atoms with Gasteiger partial charge >= 0.3 is 0 Å². The van der Waals surface area contributed by atoms with Crippen LogP contribution in [0.2, 0.25) is 0 Å². The Morgan fingerprint density at radius 2 is 2.11 bits per heavy atom. The molecular formula is C14H21FN2O. The van der Waals surface area contributed by atoms with Crippen LogP contribution < -0.4 is 10.2 Å². The molecule has 1 heterocycles. The Morgan fingerprint density at radius 3 is 2.67 bits per heavy atom. The lowest BCUT2D eigenvalue weighted by atomic mass is 10.1. The van der Waals surface area contributed by atoms with E-state index in [0.717, 1.165) is 31.5 Å². The summed E-state index contributed by atoms with van der Waals surface area (Å²) >= 11 is 0. The molecule has 0 atom stereocenters. The molecule has 100 valence electrons. The van der Waals surface area contributed by atoms with Crippen LogP contribution in [0.3, 0.4) is 0 Å². The van der Waals surface area contributed by atoms with Crippen LogP contribution in [-0.2, 0) is 11.3 Å². The Morgan fingerprint density at radius 1 is 1.39 bits per heavy atom. The number of nitrogens with zero attached hydrogens (tertiary/aromatic N) is 1. The van der Waals surface area contributed by atoms with Gasteiger partial charge in [-0.2, -0.15) is 0 Å².